The molecule has 5 nitrogen and oxygen atoms in total. The number of H-pyrrole nitrogens is 1. The predicted molar refractivity (Wildman–Crippen MR) is 149 cm³/mol. The maximum Gasteiger partial charge on any atom is 0.237 e. The molecular formula is C29H25ClN4OS. The van der Waals surface area contributed by atoms with Crippen LogP contribution in [0.4, 0.5) is 5.69 Å². The number of hydrogen-bond acceptors (Lipinski definition) is 4. The Balaban J connectivity index is 1.29. The van der Waals surface area contributed by atoms with E-state index in [9.17, 15) is 4.79 Å². The lowest BCUT2D eigenvalue weighted by Gasteiger charge is -2.23. The van der Waals surface area contributed by atoms with Crippen molar-refractivity contribution in [3.05, 3.63) is 107 Å². The fourth-order valence-electron chi connectivity index (χ4n) is 3.93. The summed E-state index contributed by atoms with van der Waals surface area (Å²) < 4.78 is 0. The zero-order valence-corrected chi connectivity index (χ0v) is 21.6. The lowest BCUT2D eigenvalue weighted by molar-refractivity contribution is -0.116. The van der Waals surface area contributed by atoms with Crippen LogP contribution < -0.4 is 4.90 Å². The van der Waals surface area contributed by atoms with E-state index in [1.54, 1.807) is 11.1 Å². The molecule has 3 aromatic carbocycles. The number of para-hydroxylation sites is 1. The summed E-state index contributed by atoms with van der Waals surface area (Å²) in [4.78, 5) is 27.7. The van der Waals surface area contributed by atoms with Crippen molar-refractivity contribution in [2.45, 2.75) is 25.4 Å². The number of anilines is 1. The number of thioether (sulfide) groups is 1. The van der Waals surface area contributed by atoms with Gasteiger partial charge in [-0.25, -0.2) is 9.97 Å². The number of benzene rings is 3. The van der Waals surface area contributed by atoms with Gasteiger partial charge in [-0.15, -0.1) is 0 Å². The number of pyridine rings is 1. The fourth-order valence-corrected chi connectivity index (χ4v) is 4.77. The number of amides is 1. The van der Waals surface area contributed by atoms with Crippen molar-refractivity contribution in [3.8, 4) is 11.4 Å². The van der Waals surface area contributed by atoms with E-state index in [1.807, 2.05) is 66.7 Å². The summed E-state index contributed by atoms with van der Waals surface area (Å²) in [7, 11) is 0. The molecule has 7 heteroatoms. The predicted octanol–water partition coefficient (Wildman–Crippen LogP) is 7.22. The van der Waals surface area contributed by atoms with Gasteiger partial charge in [-0.05, 0) is 79.1 Å². The molecule has 180 valence electrons. The van der Waals surface area contributed by atoms with Gasteiger partial charge in [0.1, 0.15) is 5.82 Å². The van der Waals surface area contributed by atoms with Crippen LogP contribution >= 0.6 is 23.4 Å². The van der Waals surface area contributed by atoms with Crippen LogP contribution in [0.15, 0.2) is 90.1 Å². The van der Waals surface area contributed by atoms with Crippen molar-refractivity contribution >= 4 is 46.0 Å². The number of nitrogens with zero attached hydrogens (tertiary/aromatic N) is 3. The number of aryl methyl sites for hydroxylation is 2. The van der Waals surface area contributed by atoms with Gasteiger partial charge in [0, 0.05) is 22.5 Å². The normalized spacial score (nSPS) is 11.1. The lowest BCUT2D eigenvalue weighted by Crippen LogP contribution is -2.31. The fraction of sp³-hybridized carbons (Fsp3) is 0.138. The van der Waals surface area contributed by atoms with Crippen LogP contribution in [0.1, 0.15) is 16.7 Å². The van der Waals surface area contributed by atoms with Crippen molar-refractivity contribution in [2.75, 3.05) is 10.7 Å². The minimum atomic E-state index is 0.00931. The quantitative estimate of drug-likeness (QED) is 0.234. The zero-order chi connectivity index (χ0) is 25.1. The number of hydrogen-bond donors (Lipinski definition) is 1. The van der Waals surface area contributed by atoms with Crippen molar-refractivity contribution in [1.29, 1.82) is 0 Å². The highest BCUT2D eigenvalue weighted by atomic mass is 35.5. The number of nitrogens with one attached hydrogen (secondary N) is 1. The molecule has 2 heterocycles. The molecule has 1 amide bonds. The topological polar surface area (TPSA) is 61.9 Å². The molecule has 0 radical (unpaired) electrons. The van der Waals surface area contributed by atoms with Gasteiger partial charge < -0.3 is 9.88 Å². The minimum absolute atomic E-state index is 0.00931. The zero-order valence-electron chi connectivity index (χ0n) is 20.0. The van der Waals surface area contributed by atoms with Gasteiger partial charge in [-0.1, -0.05) is 53.7 Å². The molecule has 0 fully saturated rings. The second-order valence-corrected chi connectivity index (χ2v) is 10.1. The van der Waals surface area contributed by atoms with E-state index in [0.717, 1.165) is 38.7 Å². The summed E-state index contributed by atoms with van der Waals surface area (Å²) in [6.07, 6.45) is 1.80. The second-order valence-electron chi connectivity index (χ2n) is 8.65. The summed E-state index contributed by atoms with van der Waals surface area (Å²) >= 11 is 7.46. The molecule has 1 N–H and O–H groups in total. The first-order valence-electron chi connectivity index (χ1n) is 11.6. The van der Waals surface area contributed by atoms with Gasteiger partial charge in [0.15, 0.2) is 0 Å². The first kappa shape index (κ1) is 24.1. The maximum atomic E-state index is 13.3. The van der Waals surface area contributed by atoms with Crippen molar-refractivity contribution in [3.63, 3.8) is 0 Å². The second kappa shape index (κ2) is 10.6. The third-order valence-electron chi connectivity index (χ3n) is 6.07. The van der Waals surface area contributed by atoms with Crippen LogP contribution in [-0.4, -0.2) is 26.6 Å². The van der Waals surface area contributed by atoms with E-state index < -0.39 is 0 Å². The summed E-state index contributed by atoms with van der Waals surface area (Å²) in [6.45, 7) is 4.66. The SMILES string of the molecule is Cc1cc2nc(-c3ccc(SCC(=O)N(Cc4ccc(Cl)cc4)c4ccccc4)nc3)[nH]c2cc1C. The summed E-state index contributed by atoms with van der Waals surface area (Å²) in [5, 5.41) is 1.46. The van der Waals surface area contributed by atoms with Crippen molar-refractivity contribution < 1.29 is 4.79 Å². The van der Waals surface area contributed by atoms with E-state index >= 15 is 0 Å². The van der Waals surface area contributed by atoms with E-state index in [4.69, 9.17) is 16.6 Å². The Morgan fingerprint density at radius 1 is 0.972 bits per heavy atom. The Morgan fingerprint density at radius 2 is 1.72 bits per heavy atom. The summed E-state index contributed by atoms with van der Waals surface area (Å²) in [6, 6.07) is 25.4. The summed E-state index contributed by atoms with van der Waals surface area (Å²) in [5.41, 5.74) is 7.18. The van der Waals surface area contributed by atoms with Crippen LogP contribution in [0, 0.1) is 13.8 Å². The van der Waals surface area contributed by atoms with Crippen molar-refractivity contribution in [2.24, 2.45) is 0 Å². The molecule has 5 aromatic rings. The Hall–Kier alpha value is -3.61. The molecular weight excluding hydrogens is 488 g/mol. The molecule has 0 aliphatic rings. The number of rotatable bonds is 7. The number of halogens is 1. The third-order valence-corrected chi connectivity index (χ3v) is 7.25. The standard InChI is InChI=1S/C29H25ClN4OS/c1-19-14-25-26(15-20(19)2)33-29(32-25)22-10-13-27(31-16-22)36-18-28(35)34(24-6-4-3-5-7-24)17-21-8-11-23(30)12-9-21/h3-16H,17-18H2,1-2H3,(H,32,33). The molecule has 0 saturated heterocycles. The smallest absolute Gasteiger partial charge is 0.237 e. The molecule has 5 rings (SSSR count). The highest BCUT2D eigenvalue weighted by Gasteiger charge is 2.17. The lowest BCUT2D eigenvalue weighted by atomic mass is 10.1. The molecule has 0 aliphatic heterocycles. The van der Waals surface area contributed by atoms with Gasteiger partial charge in [0.2, 0.25) is 5.91 Å². The highest BCUT2D eigenvalue weighted by molar-refractivity contribution is 7.99. The Bertz CT molecular complexity index is 1460. The van der Waals surface area contributed by atoms with Crippen LogP contribution in [0.2, 0.25) is 5.02 Å². The molecule has 0 atom stereocenters. The number of carbonyl (C=O) groups excluding carboxylic acids is 1. The molecule has 0 aliphatic carbocycles. The largest absolute Gasteiger partial charge is 0.338 e. The molecule has 0 bridgehead atoms. The molecule has 0 saturated carbocycles. The molecule has 2 aromatic heterocycles. The monoisotopic (exact) mass is 512 g/mol. The molecule has 0 unspecified atom stereocenters. The average molecular weight is 513 g/mol. The van der Waals surface area contributed by atoms with E-state index in [0.29, 0.717) is 11.6 Å². The van der Waals surface area contributed by atoms with E-state index in [2.05, 4.69) is 35.9 Å². The summed E-state index contributed by atoms with van der Waals surface area (Å²) in [5.74, 6) is 1.07. The highest BCUT2D eigenvalue weighted by Crippen LogP contribution is 2.26. The van der Waals surface area contributed by atoms with Crippen LogP contribution in [-0.2, 0) is 11.3 Å². The van der Waals surface area contributed by atoms with E-state index in [-0.39, 0.29) is 11.7 Å². The minimum Gasteiger partial charge on any atom is -0.338 e. The van der Waals surface area contributed by atoms with Gasteiger partial charge >= 0.3 is 0 Å². The van der Waals surface area contributed by atoms with E-state index in [1.165, 1.54) is 22.9 Å². The number of aromatic amines is 1. The van der Waals surface area contributed by atoms with Gasteiger partial charge in [-0.2, -0.15) is 0 Å². The first-order chi connectivity index (χ1) is 17.5. The number of aromatic nitrogens is 3. The molecule has 0 spiro atoms. The Labute approximate surface area is 219 Å². The van der Waals surface area contributed by atoms with Crippen LogP contribution in [0.3, 0.4) is 0 Å². The number of fused-ring (bicyclic) bond motifs is 1. The van der Waals surface area contributed by atoms with Gasteiger partial charge in [0.25, 0.3) is 0 Å². The van der Waals surface area contributed by atoms with Gasteiger partial charge in [0.05, 0.1) is 28.4 Å². The van der Waals surface area contributed by atoms with Crippen molar-refractivity contribution in [1.82, 2.24) is 15.0 Å². The average Bonchev–Trinajstić information content (AvgIpc) is 3.30. The Kier molecular flexibility index (Phi) is 7.07. The number of carbonyl (C=O) groups is 1. The third kappa shape index (κ3) is 5.45. The van der Waals surface area contributed by atoms with Gasteiger partial charge in [-0.3, -0.25) is 4.79 Å². The van der Waals surface area contributed by atoms with Crippen LogP contribution in [0.25, 0.3) is 22.4 Å². The maximum absolute atomic E-state index is 13.3. The first-order valence-corrected chi connectivity index (χ1v) is 13.0. The molecule has 36 heavy (non-hydrogen) atoms. The number of imidazole rings is 1. The Morgan fingerprint density at radius 3 is 2.44 bits per heavy atom. The van der Waals surface area contributed by atoms with Crippen LogP contribution in [0.5, 0.6) is 0 Å².